The van der Waals surface area contributed by atoms with Gasteiger partial charge in [0.05, 0.1) is 27.9 Å². The number of hydrogen-bond acceptors (Lipinski definition) is 7. The summed E-state index contributed by atoms with van der Waals surface area (Å²) < 4.78 is 0. The van der Waals surface area contributed by atoms with Crippen molar-refractivity contribution < 1.29 is 19.8 Å². The third-order valence-electron chi connectivity index (χ3n) is 5.62. The molecule has 0 aliphatic carbocycles. The van der Waals surface area contributed by atoms with Gasteiger partial charge >= 0.3 is 0 Å². The van der Waals surface area contributed by atoms with E-state index in [-0.39, 0.29) is 17.0 Å². The number of aromatic hydroxyl groups is 1. The maximum atomic E-state index is 13.8. The smallest absolute Gasteiger partial charge is 0.294 e. The number of aliphatic hydroxyl groups is 1. The number of aliphatic hydroxyl groups excluding tert-OH is 1. The van der Waals surface area contributed by atoms with Gasteiger partial charge in [-0.25, -0.2) is 4.98 Å². The van der Waals surface area contributed by atoms with Gasteiger partial charge in [-0.05, 0) is 30.7 Å². The van der Waals surface area contributed by atoms with Crippen molar-refractivity contribution in [3.63, 3.8) is 0 Å². The first-order valence-corrected chi connectivity index (χ1v) is 11.3. The fourth-order valence-electron chi connectivity index (χ4n) is 4.04. The zero-order valence-corrected chi connectivity index (χ0v) is 18.9. The highest BCUT2D eigenvalue weighted by atomic mass is 32.1. The number of anilines is 1. The van der Waals surface area contributed by atoms with Crippen molar-refractivity contribution >= 4 is 28.7 Å². The molecule has 0 saturated heterocycles. The fourth-order valence-corrected chi connectivity index (χ4v) is 5.07. The molecule has 1 unspecified atom stereocenters. The van der Waals surface area contributed by atoms with Gasteiger partial charge in [0.2, 0.25) is 5.78 Å². The molecule has 2 aromatic heterocycles. The fraction of sp³-hybridized carbons (Fsp3) is 0.0769. The molecule has 3 heterocycles. The number of thiazole rings is 1. The maximum Gasteiger partial charge on any atom is 0.294 e. The molecule has 2 N–H and O–H groups in total. The highest BCUT2D eigenvalue weighted by molar-refractivity contribution is 7.17. The second-order valence-corrected chi connectivity index (χ2v) is 8.74. The summed E-state index contributed by atoms with van der Waals surface area (Å²) in [6, 6.07) is 18.2. The predicted octanol–water partition coefficient (Wildman–Crippen LogP) is 5.00. The second kappa shape index (κ2) is 8.57. The average molecular weight is 470 g/mol. The van der Waals surface area contributed by atoms with Crippen molar-refractivity contribution in [2.75, 3.05) is 4.90 Å². The van der Waals surface area contributed by atoms with Gasteiger partial charge in [-0.3, -0.25) is 19.5 Å². The normalized spacial score (nSPS) is 15.7. The van der Waals surface area contributed by atoms with E-state index in [0.717, 1.165) is 5.56 Å². The molecule has 34 heavy (non-hydrogen) atoms. The third kappa shape index (κ3) is 3.54. The first kappa shape index (κ1) is 21.5. The number of benzene rings is 2. The van der Waals surface area contributed by atoms with Gasteiger partial charge in [-0.1, -0.05) is 48.5 Å². The molecule has 1 aliphatic heterocycles. The largest absolute Gasteiger partial charge is 0.506 e. The molecule has 1 aliphatic rings. The third-order valence-corrected chi connectivity index (χ3v) is 6.82. The molecule has 1 atom stereocenters. The number of carbonyl (C=O) groups excluding carboxylic acids is 2. The van der Waals surface area contributed by atoms with Crippen molar-refractivity contribution in [2.45, 2.75) is 13.0 Å². The van der Waals surface area contributed by atoms with Crippen LogP contribution in [0.25, 0.3) is 10.6 Å². The van der Waals surface area contributed by atoms with E-state index in [1.165, 1.54) is 28.5 Å². The van der Waals surface area contributed by atoms with Crippen molar-refractivity contribution in [1.29, 1.82) is 0 Å². The van der Waals surface area contributed by atoms with Gasteiger partial charge in [0.15, 0.2) is 5.76 Å². The van der Waals surface area contributed by atoms with Crippen LogP contribution in [0.2, 0.25) is 0 Å². The first-order chi connectivity index (χ1) is 16.5. The number of amides is 1. The van der Waals surface area contributed by atoms with E-state index >= 15 is 0 Å². The Balaban J connectivity index is 1.64. The van der Waals surface area contributed by atoms with Gasteiger partial charge in [0.25, 0.3) is 5.91 Å². The summed E-state index contributed by atoms with van der Waals surface area (Å²) in [5.74, 6) is -2.07. The molecule has 4 aromatic rings. The Morgan fingerprint density at radius 3 is 2.44 bits per heavy atom. The van der Waals surface area contributed by atoms with E-state index in [1.54, 1.807) is 43.5 Å². The van der Waals surface area contributed by atoms with Crippen molar-refractivity contribution in [1.82, 2.24) is 9.97 Å². The Bertz CT molecular complexity index is 1430. The lowest BCUT2D eigenvalue weighted by atomic mass is 9.96. The number of carbonyl (C=O) groups is 2. The Morgan fingerprint density at radius 2 is 1.74 bits per heavy atom. The summed E-state index contributed by atoms with van der Waals surface area (Å²) in [6.45, 7) is 1.73. The number of pyridine rings is 1. The zero-order valence-electron chi connectivity index (χ0n) is 18.0. The lowest BCUT2D eigenvalue weighted by Crippen LogP contribution is -2.31. The number of phenols is 1. The highest BCUT2D eigenvalue weighted by Crippen LogP contribution is 2.45. The van der Waals surface area contributed by atoms with Gasteiger partial charge in [-0.15, -0.1) is 11.3 Å². The highest BCUT2D eigenvalue weighted by Gasteiger charge is 2.46. The van der Waals surface area contributed by atoms with E-state index in [2.05, 4.69) is 9.97 Å². The molecule has 7 nitrogen and oxygen atoms in total. The van der Waals surface area contributed by atoms with E-state index in [9.17, 15) is 19.8 Å². The molecule has 2 aromatic carbocycles. The van der Waals surface area contributed by atoms with Crippen LogP contribution < -0.4 is 4.90 Å². The van der Waals surface area contributed by atoms with Gasteiger partial charge < -0.3 is 10.2 Å². The minimum Gasteiger partial charge on any atom is -0.506 e. The van der Waals surface area contributed by atoms with Crippen molar-refractivity contribution in [3.05, 3.63) is 107 Å². The molecule has 8 heteroatoms. The molecular formula is C26H19N3O4S. The van der Waals surface area contributed by atoms with Crippen LogP contribution in [0.15, 0.2) is 90.5 Å². The van der Waals surface area contributed by atoms with Crippen molar-refractivity contribution in [2.24, 2.45) is 0 Å². The molecule has 0 saturated carbocycles. The quantitative estimate of drug-likeness (QED) is 0.399. The van der Waals surface area contributed by atoms with E-state index in [4.69, 9.17) is 0 Å². The number of rotatable bonds is 5. The molecule has 1 amide bonds. The van der Waals surface area contributed by atoms with E-state index in [0.29, 0.717) is 21.1 Å². The van der Waals surface area contributed by atoms with Crippen LogP contribution >= 0.6 is 11.3 Å². The Labute approximate surface area is 199 Å². The predicted molar refractivity (Wildman–Crippen MR) is 129 cm³/mol. The lowest BCUT2D eigenvalue weighted by molar-refractivity contribution is -0.117. The number of nitrogens with zero attached hydrogens (tertiary/aromatic N) is 3. The summed E-state index contributed by atoms with van der Waals surface area (Å²) in [5, 5.41) is 22.0. The number of ketones is 1. The standard InChI is InChI=1S/C26H19N3O4S/c1-15-24(34-25(28-15)16-8-3-2-4-9-16)22(31)20-21(17-10-7-13-27-14-17)29(26(33)23(20)32)18-11-5-6-12-19(18)30/h2-14,21,30,32H,1H3. The van der Waals surface area contributed by atoms with E-state index < -0.39 is 23.5 Å². The van der Waals surface area contributed by atoms with Crippen molar-refractivity contribution in [3.8, 4) is 16.3 Å². The SMILES string of the molecule is Cc1nc(-c2ccccc2)sc1C(=O)C1=C(O)C(=O)N(c2ccccc2O)C1c1cccnc1. The maximum absolute atomic E-state index is 13.8. The molecule has 5 rings (SSSR count). The number of Topliss-reactive ketones (excluding diaryl/α,β-unsaturated/α-hetero) is 1. The van der Waals surface area contributed by atoms with Gasteiger partial charge in [0.1, 0.15) is 10.8 Å². The Hall–Kier alpha value is -4.30. The van der Waals surface area contributed by atoms with Crippen LogP contribution in [-0.4, -0.2) is 31.9 Å². The van der Waals surface area contributed by atoms with Crippen LogP contribution in [0.1, 0.15) is 27.0 Å². The molecule has 0 spiro atoms. The summed E-state index contributed by atoms with van der Waals surface area (Å²) in [4.78, 5) is 37.3. The van der Waals surface area contributed by atoms with Crippen LogP contribution in [-0.2, 0) is 4.79 Å². The number of hydrogen-bond donors (Lipinski definition) is 2. The van der Waals surface area contributed by atoms with E-state index in [1.807, 2.05) is 30.3 Å². The second-order valence-electron chi connectivity index (χ2n) is 7.74. The van der Waals surface area contributed by atoms with Crippen LogP contribution in [0.5, 0.6) is 5.75 Å². The number of aromatic nitrogens is 2. The summed E-state index contributed by atoms with van der Waals surface area (Å²) >= 11 is 1.21. The van der Waals surface area contributed by atoms with Gasteiger partial charge in [0, 0.05) is 18.0 Å². The zero-order chi connectivity index (χ0) is 23.8. The Kier molecular flexibility index (Phi) is 5.43. The average Bonchev–Trinajstić information content (AvgIpc) is 3.38. The molecule has 168 valence electrons. The molecule has 0 fully saturated rings. The summed E-state index contributed by atoms with van der Waals surface area (Å²) in [7, 11) is 0. The Morgan fingerprint density at radius 1 is 1.00 bits per heavy atom. The first-order valence-electron chi connectivity index (χ1n) is 10.5. The summed E-state index contributed by atoms with van der Waals surface area (Å²) in [5.41, 5.74) is 2.01. The van der Waals surface area contributed by atoms with Crippen LogP contribution in [0.4, 0.5) is 5.69 Å². The topological polar surface area (TPSA) is 104 Å². The number of phenolic OH excluding ortho intramolecular Hbond substituents is 1. The minimum atomic E-state index is -0.969. The molecule has 0 radical (unpaired) electrons. The number of para-hydroxylation sites is 2. The number of aryl methyl sites for hydroxylation is 1. The lowest BCUT2D eigenvalue weighted by Gasteiger charge is -2.27. The molecule has 0 bridgehead atoms. The molecular weight excluding hydrogens is 450 g/mol. The monoisotopic (exact) mass is 469 g/mol. The van der Waals surface area contributed by atoms with Crippen LogP contribution in [0.3, 0.4) is 0 Å². The minimum absolute atomic E-state index is 0.0763. The van der Waals surface area contributed by atoms with Gasteiger partial charge in [-0.2, -0.15) is 0 Å². The van der Waals surface area contributed by atoms with Crippen LogP contribution in [0, 0.1) is 6.92 Å². The summed E-state index contributed by atoms with van der Waals surface area (Å²) in [6.07, 6.45) is 3.11.